The van der Waals surface area contributed by atoms with Crippen LogP contribution in [-0.4, -0.2) is 60.0 Å². The molecule has 0 saturated heterocycles. The average Bonchev–Trinajstić information content (AvgIpc) is 2.72. The summed E-state index contributed by atoms with van der Waals surface area (Å²) < 4.78 is 38.7. The highest BCUT2D eigenvalue weighted by atomic mass is 127. The molecule has 0 saturated carbocycles. The van der Waals surface area contributed by atoms with Crippen molar-refractivity contribution in [3.8, 4) is 0 Å². The topological polar surface area (TPSA) is 57.5 Å². The molecule has 0 atom stereocenters. The molecule has 0 aromatic carbocycles. The average molecular weight is 490 g/mol. The van der Waals surface area contributed by atoms with E-state index in [4.69, 9.17) is 0 Å². The van der Waals surface area contributed by atoms with Gasteiger partial charge in [0.25, 0.3) is 0 Å². The molecule has 10 heteroatoms. The minimum absolute atomic E-state index is 0. The zero-order chi connectivity index (χ0) is 19.0. The summed E-state index contributed by atoms with van der Waals surface area (Å²) in [4.78, 5) is 5.81. The van der Waals surface area contributed by atoms with Gasteiger partial charge in [0.05, 0.1) is 18.8 Å². The van der Waals surface area contributed by atoms with E-state index in [0.717, 1.165) is 17.0 Å². The number of halogens is 4. The van der Waals surface area contributed by atoms with E-state index in [9.17, 15) is 13.2 Å². The van der Waals surface area contributed by atoms with Gasteiger partial charge in [-0.2, -0.15) is 18.3 Å². The first-order valence-electron chi connectivity index (χ1n) is 8.40. The van der Waals surface area contributed by atoms with Gasteiger partial charge in [-0.25, -0.2) is 4.99 Å². The molecule has 1 heterocycles. The summed E-state index contributed by atoms with van der Waals surface area (Å²) in [5.41, 5.74) is 3.11. The summed E-state index contributed by atoms with van der Waals surface area (Å²) in [6.07, 6.45) is -3.56. The molecule has 0 fully saturated rings. The summed E-state index contributed by atoms with van der Waals surface area (Å²) in [5.74, 6) is 0.656. The molecule has 1 aromatic rings. The van der Waals surface area contributed by atoms with E-state index in [0.29, 0.717) is 38.6 Å². The Balaban J connectivity index is 0.00000625. The first-order valence-corrected chi connectivity index (χ1v) is 8.40. The smallest absolute Gasteiger partial charge is 0.357 e. The number of aromatic nitrogens is 2. The van der Waals surface area contributed by atoms with Gasteiger partial charge in [0, 0.05) is 31.4 Å². The second-order valence-electron chi connectivity index (χ2n) is 6.10. The predicted molar refractivity (Wildman–Crippen MR) is 109 cm³/mol. The van der Waals surface area contributed by atoms with Crippen LogP contribution in [0.1, 0.15) is 30.3 Å². The molecular weight excluding hydrogens is 460 g/mol. The molecule has 0 spiro atoms. The number of nitrogens with zero attached hydrogens (tertiary/aromatic N) is 4. The number of aryl methyl sites for hydroxylation is 2. The highest BCUT2D eigenvalue weighted by molar-refractivity contribution is 14.0. The van der Waals surface area contributed by atoms with Crippen molar-refractivity contribution in [3.05, 3.63) is 17.0 Å². The molecule has 2 N–H and O–H groups in total. The predicted octanol–water partition coefficient (Wildman–Crippen LogP) is 2.59. The number of aliphatic imine (C=N–C) groups is 1. The Kier molecular flexibility index (Phi) is 11.2. The van der Waals surface area contributed by atoms with Crippen LogP contribution < -0.4 is 10.6 Å². The van der Waals surface area contributed by atoms with Crippen molar-refractivity contribution in [3.63, 3.8) is 0 Å². The van der Waals surface area contributed by atoms with Crippen LogP contribution in [0, 0.1) is 13.8 Å². The second kappa shape index (κ2) is 11.6. The van der Waals surface area contributed by atoms with Crippen LogP contribution in [0.2, 0.25) is 0 Å². The van der Waals surface area contributed by atoms with E-state index < -0.39 is 12.7 Å². The zero-order valence-electron chi connectivity index (χ0n) is 16.1. The van der Waals surface area contributed by atoms with Crippen molar-refractivity contribution < 1.29 is 13.2 Å². The SMILES string of the molecule is CCNC(=NCc1c(C)nn(C)c1C)NCCCN(C)CC(F)(F)F.I. The normalized spacial score (nSPS) is 12.3. The van der Waals surface area contributed by atoms with Gasteiger partial charge in [-0.05, 0) is 40.8 Å². The van der Waals surface area contributed by atoms with Crippen molar-refractivity contribution in [1.82, 2.24) is 25.3 Å². The lowest BCUT2D eigenvalue weighted by Gasteiger charge is -2.18. The summed E-state index contributed by atoms with van der Waals surface area (Å²) in [5, 5.41) is 10.7. The fourth-order valence-electron chi connectivity index (χ4n) is 2.49. The molecule has 0 radical (unpaired) electrons. The maximum absolute atomic E-state index is 12.3. The summed E-state index contributed by atoms with van der Waals surface area (Å²) in [6, 6.07) is 0. The lowest BCUT2D eigenvalue weighted by Crippen LogP contribution is -2.39. The quantitative estimate of drug-likeness (QED) is 0.255. The first kappa shape index (κ1) is 25.0. The summed E-state index contributed by atoms with van der Waals surface area (Å²) >= 11 is 0. The number of guanidine groups is 1. The minimum Gasteiger partial charge on any atom is -0.357 e. The van der Waals surface area contributed by atoms with Crippen LogP contribution in [0.25, 0.3) is 0 Å². The van der Waals surface area contributed by atoms with Crippen LogP contribution in [-0.2, 0) is 13.6 Å². The van der Waals surface area contributed by atoms with Gasteiger partial charge in [0.15, 0.2) is 5.96 Å². The molecule has 1 aromatic heterocycles. The maximum atomic E-state index is 12.3. The highest BCUT2D eigenvalue weighted by Gasteiger charge is 2.28. The summed E-state index contributed by atoms with van der Waals surface area (Å²) in [6.45, 7) is 7.18. The van der Waals surface area contributed by atoms with Crippen molar-refractivity contribution in [2.45, 2.75) is 39.9 Å². The number of alkyl halides is 3. The Bertz CT molecular complexity index is 571. The monoisotopic (exact) mass is 490 g/mol. The van der Waals surface area contributed by atoms with Gasteiger partial charge in [0.2, 0.25) is 0 Å². The van der Waals surface area contributed by atoms with Crippen molar-refractivity contribution >= 4 is 29.9 Å². The fraction of sp³-hybridized carbons (Fsp3) is 0.750. The molecule has 0 unspecified atom stereocenters. The Morgan fingerprint density at radius 2 is 1.92 bits per heavy atom. The van der Waals surface area contributed by atoms with E-state index in [-0.39, 0.29) is 24.0 Å². The maximum Gasteiger partial charge on any atom is 0.401 e. The Morgan fingerprint density at radius 1 is 1.27 bits per heavy atom. The third-order valence-electron chi connectivity index (χ3n) is 3.86. The summed E-state index contributed by atoms with van der Waals surface area (Å²) in [7, 11) is 3.37. The molecule has 26 heavy (non-hydrogen) atoms. The van der Waals surface area contributed by atoms with E-state index in [1.54, 1.807) is 0 Å². The van der Waals surface area contributed by atoms with Gasteiger partial charge in [-0.15, -0.1) is 24.0 Å². The lowest BCUT2D eigenvalue weighted by atomic mass is 10.2. The van der Waals surface area contributed by atoms with E-state index in [1.807, 2.05) is 32.5 Å². The van der Waals surface area contributed by atoms with E-state index >= 15 is 0 Å². The molecule has 6 nitrogen and oxygen atoms in total. The molecule has 0 amide bonds. The molecular formula is C16H30F3IN6. The minimum atomic E-state index is -4.15. The highest BCUT2D eigenvalue weighted by Crippen LogP contribution is 2.15. The molecule has 0 aliphatic rings. The Morgan fingerprint density at radius 3 is 2.42 bits per heavy atom. The van der Waals surface area contributed by atoms with Crippen molar-refractivity contribution in [1.29, 1.82) is 0 Å². The van der Waals surface area contributed by atoms with Crippen LogP contribution in [0.4, 0.5) is 13.2 Å². The number of rotatable bonds is 8. The number of hydrogen-bond donors (Lipinski definition) is 2. The fourth-order valence-corrected chi connectivity index (χ4v) is 2.49. The first-order chi connectivity index (χ1) is 11.6. The van der Waals surface area contributed by atoms with E-state index in [1.165, 1.54) is 11.9 Å². The van der Waals surface area contributed by atoms with Crippen LogP contribution in [0.5, 0.6) is 0 Å². The third kappa shape index (κ3) is 9.06. The molecule has 0 aliphatic heterocycles. The molecule has 0 bridgehead atoms. The largest absolute Gasteiger partial charge is 0.401 e. The van der Waals surface area contributed by atoms with Gasteiger partial charge < -0.3 is 10.6 Å². The Labute approximate surface area is 170 Å². The van der Waals surface area contributed by atoms with Crippen molar-refractivity contribution in [2.75, 3.05) is 33.2 Å². The van der Waals surface area contributed by atoms with Gasteiger partial charge in [0.1, 0.15) is 0 Å². The standard InChI is InChI=1S/C16H29F3N6.HI/c1-6-20-15(21-8-7-9-24(4)11-16(17,18)19)22-10-14-12(2)23-25(5)13(14)3;/h6-11H2,1-5H3,(H2,20,21,22);1H. The van der Waals surface area contributed by atoms with Crippen LogP contribution in [0.3, 0.4) is 0 Å². The van der Waals surface area contributed by atoms with Crippen LogP contribution >= 0.6 is 24.0 Å². The Hall–Kier alpha value is -1.04. The molecule has 0 aliphatic carbocycles. The van der Waals surface area contributed by atoms with E-state index in [2.05, 4.69) is 20.7 Å². The van der Waals surface area contributed by atoms with Crippen molar-refractivity contribution in [2.24, 2.45) is 12.0 Å². The zero-order valence-corrected chi connectivity index (χ0v) is 18.4. The van der Waals surface area contributed by atoms with Gasteiger partial charge >= 0.3 is 6.18 Å². The second-order valence-corrected chi connectivity index (χ2v) is 6.10. The van der Waals surface area contributed by atoms with Crippen LogP contribution in [0.15, 0.2) is 4.99 Å². The third-order valence-corrected chi connectivity index (χ3v) is 3.86. The van der Waals surface area contributed by atoms with Gasteiger partial charge in [-0.1, -0.05) is 0 Å². The lowest BCUT2D eigenvalue weighted by molar-refractivity contribution is -0.143. The van der Waals surface area contributed by atoms with Gasteiger partial charge in [-0.3, -0.25) is 9.58 Å². The number of nitrogens with one attached hydrogen (secondary N) is 2. The molecule has 1 rings (SSSR count). The number of hydrogen-bond acceptors (Lipinski definition) is 3. The molecule has 152 valence electrons.